The van der Waals surface area contributed by atoms with Crippen molar-refractivity contribution >= 4 is 5.91 Å². The smallest absolute Gasteiger partial charge is 0.254 e. The maximum Gasteiger partial charge on any atom is 0.254 e. The fourth-order valence-corrected chi connectivity index (χ4v) is 1.84. The fourth-order valence-electron chi connectivity index (χ4n) is 1.84. The average molecular weight is 221 g/mol. The second-order valence-electron chi connectivity index (χ2n) is 4.66. The van der Waals surface area contributed by atoms with Crippen LogP contribution in [0.4, 0.5) is 0 Å². The molecule has 0 saturated carbocycles. The molecule has 1 amide bonds. The van der Waals surface area contributed by atoms with E-state index in [2.05, 4.69) is 0 Å². The van der Waals surface area contributed by atoms with Crippen molar-refractivity contribution in [1.82, 2.24) is 4.90 Å². The Morgan fingerprint density at radius 1 is 1.44 bits per heavy atom. The monoisotopic (exact) mass is 221 g/mol. The first-order chi connectivity index (χ1) is 7.39. The molecule has 1 aliphatic rings. The van der Waals surface area contributed by atoms with E-state index in [0.29, 0.717) is 18.7 Å². The fraction of sp³-hybridized carbons (Fsp3) is 0.417. The van der Waals surface area contributed by atoms with E-state index in [-0.39, 0.29) is 11.7 Å². The van der Waals surface area contributed by atoms with Gasteiger partial charge in [0.05, 0.1) is 18.7 Å². The third-order valence-corrected chi connectivity index (χ3v) is 2.81. The highest BCUT2D eigenvalue weighted by molar-refractivity contribution is 5.95. The Hall–Kier alpha value is -1.55. The van der Waals surface area contributed by atoms with Crippen LogP contribution in [0, 0.1) is 6.92 Å². The topological polar surface area (TPSA) is 60.8 Å². The number of likely N-dealkylation sites (tertiary alicyclic amines) is 1. The predicted molar refractivity (Wildman–Crippen MR) is 59.4 cm³/mol. The molecule has 0 aromatic heterocycles. The minimum atomic E-state index is -0.762. The Bertz CT molecular complexity index is 432. The van der Waals surface area contributed by atoms with Gasteiger partial charge in [0.15, 0.2) is 0 Å². The van der Waals surface area contributed by atoms with Crippen LogP contribution in [0.2, 0.25) is 0 Å². The Balaban J connectivity index is 2.13. The van der Waals surface area contributed by atoms with E-state index in [1.165, 1.54) is 6.07 Å². The normalized spacial score (nSPS) is 18.1. The van der Waals surface area contributed by atoms with Gasteiger partial charge < -0.3 is 15.1 Å². The number of rotatable bonds is 1. The van der Waals surface area contributed by atoms with Gasteiger partial charge in [0.25, 0.3) is 5.91 Å². The Morgan fingerprint density at radius 2 is 2.06 bits per heavy atom. The molecule has 1 heterocycles. The summed E-state index contributed by atoms with van der Waals surface area (Å²) in [7, 11) is 0. The van der Waals surface area contributed by atoms with Crippen molar-refractivity contribution in [3.05, 3.63) is 29.3 Å². The van der Waals surface area contributed by atoms with Crippen LogP contribution in [0.3, 0.4) is 0 Å². The molecule has 2 N–H and O–H groups in total. The minimum absolute atomic E-state index is 0.123. The number of carbonyl (C=O) groups excluding carboxylic acids is 1. The summed E-state index contributed by atoms with van der Waals surface area (Å²) in [5, 5.41) is 19.0. The summed E-state index contributed by atoms with van der Waals surface area (Å²) in [4.78, 5) is 13.4. The summed E-state index contributed by atoms with van der Waals surface area (Å²) in [5.74, 6) is -0.0278. The van der Waals surface area contributed by atoms with Gasteiger partial charge in [0, 0.05) is 5.56 Å². The van der Waals surface area contributed by atoms with Crippen molar-refractivity contribution in [3.8, 4) is 5.75 Å². The molecule has 0 bridgehead atoms. The molecule has 1 aromatic carbocycles. The molecule has 0 spiro atoms. The number of β-amino-alcohol motifs (C(OH)–C–C–N with tert-alkyl or cyclic N) is 1. The summed E-state index contributed by atoms with van der Waals surface area (Å²) >= 11 is 0. The van der Waals surface area contributed by atoms with Crippen LogP contribution < -0.4 is 0 Å². The first-order valence-electron chi connectivity index (χ1n) is 5.20. The molecule has 16 heavy (non-hydrogen) atoms. The SMILES string of the molecule is Cc1ccc(C(=O)N2CC(C)(O)C2)cc1O. The quantitative estimate of drug-likeness (QED) is 0.741. The molecule has 1 aliphatic heterocycles. The number of aliphatic hydroxyl groups is 1. The highest BCUT2D eigenvalue weighted by Gasteiger charge is 2.39. The molecular formula is C12H15NO3. The van der Waals surface area contributed by atoms with Crippen LogP contribution in [0.1, 0.15) is 22.8 Å². The van der Waals surface area contributed by atoms with Gasteiger partial charge in [-0.05, 0) is 31.5 Å². The van der Waals surface area contributed by atoms with Crippen LogP contribution in [-0.2, 0) is 0 Å². The lowest BCUT2D eigenvalue weighted by molar-refractivity contribution is -0.0668. The summed E-state index contributed by atoms with van der Waals surface area (Å²) < 4.78 is 0. The molecule has 1 saturated heterocycles. The summed E-state index contributed by atoms with van der Waals surface area (Å²) in [6.45, 7) is 4.17. The standard InChI is InChI=1S/C12H15NO3/c1-8-3-4-9(5-10(8)14)11(15)13-6-12(2,16)7-13/h3-5,14,16H,6-7H2,1-2H3. The number of hydrogen-bond acceptors (Lipinski definition) is 3. The Labute approximate surface area is 94.1 Å². The van der Waals surface area contributed by atoms with Gasteiger partial charge in [-0.2, -0.15) is 0 Å². The lowest BCUT2D eigenvalue weighted by atomic mass is 9.95. The molecule has 1 aromatic rings. The van der Waals surface area contributed by atoms with Crippen LogP contribution in [0.5, 0.6) is 5.75 Å². The highest BCUT2D eigenvalue weighted by Crippen LogP contribution is 2.24. The van der Waals surface area contributed by atoms with Crippen LogP contribution >= 0.6 is 0 Å². The van der Waals surface area contributed by atoms with Gasteiger partial charge in [-0.1, -0.05) is 6.07 Å². The van der Waals surface area contributed by atoms with Gasteiger partial charge in [0.1, 0.15) is 5.75 Å². The van der Waals surface area contributed by atoms with E-state index in [4.69, 9.17) is 0 Å². The second-order valence-corrected chi connectivity index (χ2v) is 4.66. The van der Waals surface area contributed by atoms with Crippen LogP contribution in [-0.4, -0.2) is 39.7 Å². The lowest BCUT2D eigenvalue weighted by Gasteiger charge is -2.44. The van der Waals surface area contributed by atoms with E-state index in [1.807, 2.05) is 0 Å². The van der Waals surface area contributed by atoms with E-state index in [9.17, 15) is 15.0 Å². The van der Waals surface area contributed by atoms with Gasteiger partial charge in [-0.3, -0.25) is 4.79 Å². The molecule has 2 rings (SSSR count). The number of phenolic OH excluding ortho intramolecular Hbond substituents is 1. The van der Waals surface area contributed by atoms with E-state index < -0.39 is 5.60 Å². The van der Waals surface area contributed by atoms with Crippen molar-refractivity contribution < 1.29 is 15.0 Å². The van der Waals surface area contributed by atoms with Crippen LogP contribution in [0.25, 0.3) is 0 Å². The number of aryl methyl sites for hydroxylation is 1. The predicted octanol–water partition coefficient (Wildman–Crippen LogP) is 0.907. The molecule has 4 heteroatoms. The zero-order chi connectivity index (χ0) is 11.9. The first-order valence-corrected chi connectivity index (χ1v) is 5.20. The van der Waals surface area contributed by atoms with Crippen molar-refractivity contribution in [2.75, 3.05) is 13.1 Å². The van der Waals surface area contributed by atoms with E-state index in [0.717, 1.165) is 5.56 Å². The minimum Gasteiger partial charge on any atom is -0.508 e. The van der Waals surface area contributed by atoms with Gasteiger partial charge in [0.2, 0.25) is 0 Å². The lowest BCUT2D eigenvalue weighted by Crippen LogP contribution is -2.61. The Morgan fingerprint density at radius 3 is 2.56 bits per heavy atom. The van der Waals surface area contributed by atoms with Crippen LogP contribution in [0.15, 0.2) is 18.2 Å². The zero-order valence-corrected chi connectivity index (χ0v) is 9.40. The molecular weight excluding hydrogens is 206 g/mol. The highest BCUT2D eigenvalue weighted by atomic mass is 16.3. The molecule has 86 valence electrons. The number of nitrogens with zero attached hydrogens (tertiary/aromatic N) is 1. The number of hydrogen-bond donors (Lipinski definition) is 2. The molecule has 4 nitrogen and oxygen atoms in total. The van der Waals surface area contributed by atoms with Crippen molar-refractivity contribution in [1.29, 1.82) is 0 Å². The van der Waals surface area contributed by atoms with Crippen molar-refractivity contribution in [3.63, 3.8) is 0 Å². The van der Waals surface area contributed by atoms with E-state index in [1.54, 1.807) is 30.9 Å². The van der Waals surface area contributed by atoms with Crippen molar-refractivity contribution in [2.45, 2.75) is 19.4 Å². The van der Waals surface area contributed by atoms with Gasteiger partial charge in [-0.25, -0.2) is 0 Å². The number of aromatic hydroxyl groups is 1. The third-order valence-electron chi connectivity index (χ3n) is 2.81. The summed E-state index contributed by atoms with van der Waals surface area (Å²) in [5.41, 5.74) is 0.438. The van der Waals surface area contributed by atoms with Gasteiger partial charge >= 0.3 is 0 Å². The molecule has 0 radical (unpaired) electrons. The average Bonchev–Trinajstić information content (AvgIpc) is 2.17. The Kier molecular flexibility index (Phi) is 2.39. The number of amides is 1. The third kappa shape index (κ3) is 1.88. The van der Waals surface area contributed by atoms with E-state index >= 15 is 0 Å². The maximum absolute atomic E-state index is 11.9. The molecule has 0 atom stereocenters. The molecule has 0 unspecified atom stereocenters. The first kappa shape index (κ1) is 11.0. The second kappa shape index (κ2) is 3.49. The number of benzene rings is 1. The largest absolute Gasteiger partial charge is 0.508 e. The number of carbonyl (C=O) groups is 1. The molecule has 1 fully saturated rings. The zero-order valence-electron chi connectivity index (χ0n) is 9.40. The van der Waals surface area contributed by atoms with Crippen molar-refractivity contribution in [2.24, 2.45) is 0 Å². The molecule has 0 aliphatic carbocycles. The number of phenols is 1. The summed E-state index contributed by atoms with van der Waals surface area (Å²) in [6, 6.07) is 4.86. The summed E-state index contributed by atoms with van der Waals surface area (Å²) in [6.07, 6.45) is 0. The maximum atomic E-state index is 11.9. The van der Waals surface area contributed by atoms with Gasteiger partial charge in [-0.15, -0.1) is 0 Å².